The first kappa shape index (κ1) is 32.1. The molecule has 0 unspecified atom stereocenters. The summed E-state index contributed by atoms with van der Waals surface area (Å²) in [5.41, 5.74) is 0.674. The lowest BCUT2D eigenvalue weighted by atomic mass is 10.0. The third-order valence-electron chi connectivity index (χ3n) is 5.56. The van der Waals surface area contributed by atoms with Crippen molar-refractivity contribution in [3.63, 3.8) is 0 Å². The van der Waals surface area contributed by atoms with Crippen molar-refractivity contribution in [2.45, 2.75) is 97.4 Å². The Morgan fingerprint density at radius 2 is 1.41 bits per heavy atom. The molecule has 0 amide bonds. The fraction of sp³-hybridized carbons (Fsp3) is 0.643. The lowest BCUT2D eigenvalue weighted by molar-refractivity contribution is -0.144. The van der Waals surface area contributed by atoms with Crippen molar-refractivity contribution >= 4 is 23.9 Å². The molecule has 1 rings (SSSR count). The van der Waals surface area contributed by atoms with Gasteiger partial charge in [-0.05, 0) is 43.4 Å². The van der Waals surface area contributed by atoms with Crippen molar-refractivity contribution in [2.24, 2.45) is 0 Å². The number of unbranched alkanes of at least 4 members (excludes halogenated alkanes) is 4. The zero-order chi connectivity index (χ0) is 27.5. The third kappa shape index (κ3) is 13.8. The van der Waals surface area contributed by atoms with Gasteiger partial charge in [-0.25, -0.2) is 0 Å². The van der Waals surface area contributed by atoms with E-state index in [0.29, 0.717) is 24.8 Å². The third-order valence-corrected chi connectivity index (χ3v) is 5.56. The minimum atomic E-state index is -0.717. The van der Waals surface area contributed by atoms with E-state index in [1.54, 1.807) is 18.2 Å². The summed E-state index contributed by atoms with van der Waals surface area (Å²) in [6.45, 7) is 6.38. The Morgan fingerprint density at radius 3 is 1.97 bits per heavy atom. The molecular formula is C28H43NO8. The Labute approximate surface area is 220 Å². The molecule has 0 aliphatic heterocycles. The van der Waals surface area contributed by atoms with Crippen molar-refractivity contribution in [1.29, 1.82) is 0 Å². The van der Waals surface area contributed by atoms with E-state index in [2.05, 4.69) is 12.2 Å². The van der Waals surface area contributed by atoms with Crippen molar-refractivity contribution in [3.05, 3.63) is 23.8 Å². The van der Waals surface area contributed by atoms with Crippen LogP contribution in [0.5, 0.6) is 11.5 Å². The zero-order valence-corrected chi connectivity index (χ0v) is 22.8. The van der Waals surface area contributed by atoms with Crippen LogP contribution in [-0.2, 0) is 35.1 Å². The Kier molecular flexibility index (Phi) is 16.7. The second kappa shape index (κ2) is 19.2. The molecule has 0 aromatic heterocycles. The molecule has 1 N–H and O–H groups in total. The van der Waals surface area contributed by atoms with Gasteiger partial charge in [-0.2, -0.15) is 0 Å². The lowest BCUT2D eigenvalue weighted by Gasteiger charge is -2.18. The molecule has 1 aromatic carbocycles. The first-order valence-corrected chi connectivity index (χ1v) is 13.4. The van der Waals surface area contributed by atoms with E-state index in [-0.39, 0.29) is 49.9 Å². The molecular weight excluding hydrogens is 478 g/mol. The topological polar surface area (TPSA) is 117 Å². The van der Waals surface area contributed by atoms with Crippen LogP contribution >= 0.6 is 0 Å². The monoisotopic (exact) mass is 521 g/mol. The number of hydrogen-bond donors (Lipinski definition) is 1. The molecule has 9 heteroatoms. The van der Waals surface area contributed by atoms with E-state index >= 15 is 0 Å². The van der Waals surface area contributed by atoms with Crippen LogP contribution < -0.4 is 14.8 Å². The van der Waals surface area contributed by atoms with Crippen LogP contribution in [0.2, 0.25) is 0 Å². The highest BCUT2D eigenvalue weighted by Crippen LogP contribution is 2.30. The molecule has 0 aliphatic rings. The number of hydrogen-bond acceptors (Lipinski definition) is 9. The number of benzene rings is 1. The maximum atomic E-state index is 12.4. The Bertz CT molecular complexity index is 855. The number of nitrogens with one attached hydrogen (secondary N) is 1. The van der Waals surface area contributed by atoms with E-state index in [1.165, 1.54) is 7.11 Å². The smallest absolute Gasteiger partial charge is 0.323 e. The van der Waals surface area contributed by atoms with Gasteiger partial charge in [0.15, 0.2) is 11.5 Å². The quantitative estimate of drug-likeness (QED) is 0.157. The van der Waals surface area contributed by atoms with Crippen molar-refractivity contribution in [2.75, 3.05) is 20.3 Å². The van der Waals surface area contributed by atoms with Gasteiger partial charge in [0.05, 0.1) is 7.11 Å². The summed E-state index contributed by atoms with van der Waals surface area (Å²) >= 11 is 0. The average Bonchev–Trinajstić information content (AvgIpc) is 2.87. The fourth-order valence-electron chi connectivity index (χ4n) is 3.52. The van der Waals surface area contributed by atoms with Crippen molar-refractivity contribution in [3.8, 4) is 11.5 Å². The normalized spacial score (nSPS) is 11.5. The van der Waals surface area contributed by atoms with Crippen LogP contribution in [0.4, 0.5) is 0 Å². The number of carbonyl (C=O) groups excluding carboxylic acids is 4. The molecule has 37 heavy (non-hydrogen) atoms. The minimum absolute atomic E-state index is 0.125. The Hall–Kier alpha value is -2.94. The number of esters is 4. The number of methoxy groups -OCH3 is 1. The molecule has 0 saturated carbocycles. The van der Waals surface area contributed by atoms with Crippen LogP contribution in [0.25, 0.3) is 0 Å². The first-order valence-electron chi connectivity index (χ1n) is 13.4. The maximum absolute atomic E-state index is 12.4. The molecule has 0 saturated heterocycles. The van der Waals surface area contributed by atoms with Gasteiger partial charge in [-0.15, -0.1) is 0 Å². The summed E-state index contributed by atoms with van der Waals surface area (Å²) in [6.07, 6.45) is 7.02. The average molecular weight is 522 g/mol. The minimum Gasteiger partial charge on any atom is -0.468 e. The van der Waals surface area contributed by atoms with Crippen LogP contribution in [0, 0.1) is 0 Å². The Balaban J connectivity index is 2.96. The number of ether oxygens (including phenoxy) is 4. The van der Waals surface area contributed by atoms with E-state index in [1.807, 2.05) is 13.8 Å². The van der Waals surface area contributed by atoms with Gasteiger partial charge < -0.3 is 24.3 Å². The molecule has 0 bridgehead atoms. The number of rotatable bonds is 19. The molecule has 0 fully saturated rings. The summed E-state index contributed by atoms with van der Waals surface area (Å²) in [6, 6.07) is 4.17. The molecule has 0 heterocycles. The van der Waals surface area contributed by atoms with Crippen LogP contribution in [0.15, 0.2) is 18.2 Å². The van der Waals surface area contributed by atoms with Gasteiger partial charge in [0.25, 0.3) is 0 Å². The summed E-state index contributed by atoms with van der Waals surface area (Å²) in [5.74, 6) is -1.27. The van der Waals surface area contributed by atoms with Gasteiger partial charge in [0.2, 0.25) is 0 Å². The van der Waals surface area contributed by atoms with E-state index < -0.39 is 23.9 Å². The van der Waals surface area contributed by atoms with Gasteiger partial charge in [-0.3, -0.25) is 19.2 Å². The highest BCUT2D eigenvalue weighted by Gasteiger charge is 2.21. The molecule has 0 aliphatic carbocycles. The number of carbonyl (C=O) groups is 4. The van der Waals surface area contributed by atoms with Crippen molar-refractivity contribution < 1.29 is 38.1 Å². The predicted octanol–water partition coefficient (Wildman–Crippen LogP) is 4.68. The highest BCUT2D eigenvalue weighted by molar-refractivity contribution is 5.77. The molecule has 1 aromatic rings. The summed E-state index contributed by atoms with van der Waals surface area (Å²) < 4.78 is 21.1. The molecule has 1 atom stereocenters. The molecule has 0 spiro atoms. The Morgan fingerprint density at radius 1 is 0.784 bits per heavy atom. The van der Waals surface area contributed by atoms with Crippen LogP contribution in [0.3, 0.4) is 0 Å². The first-order chi connectivity index (χ1) is 17.8. The molecule has 9 nitrogen and oxygen atoms in total. The van der Waals surface area contributed by atoms with E-state index in [0.717, 1.165) is 32.1 Å². The fourth-order valence-corrected chi connectivity index (χ4v) is 3.52. The maximum Gasteiger partial charge on any atom is 0.323 e. The van der Waals surface area contributed by atoms with Crippen LogP contribution in [-0.4, -0.2) is 50.2 Å². The van der Waals surface area contributed by atoms with E-state index in [9.17, 15) is 19.2 Å². The van der Waals surface area contributed by atoms with Gasteiger partial charge >= 0.3 is 23.9 Å². The van der Waals surface area contributed by atoms with E-state index in [4.69, 9.17) is 18.9 Å². The SMILES string of the molecule is CCCCCC(=O)Oc1ccc(C[C@H](NCCOC(=O)CCC)C(=O)OC)cc1OC(=O)CCCCC. The van der Waals surface area contributed by atoms with Gasteiger partial charge in [-0.1, -0.05) is 52.5 Å². The largest absolute Gasteiger partial charge is 0.468 e. The molecule has 208 valence electrons. The second-order valence-electron chi connectivity index (χ2n) is 8.85. The lowest BCUT2D eigenvalue weighted by Crippen LogP contribution is -2.41. The summed E-state index contributed by atoms with van der Waals surface area (Å²) in [4.78, 5) is 48.6. The highest BCUT2D eigenvalue weighted by atomic mass is 16.6. The van der Waals surface area contributed by atoms with Gasteiger partial charge in [0, 0.05) is 25.8 Å². The van der Waals surface area contributed by atoms with Gasteiger partial charge in [0.1, 0.15) is 12.6 Å². The predicted molar refractivity (Wildman–Crippen MR) is 139 cm³/mol. The summed E-state index contributed by atoms with van der Waals surface area (Å²) in [7, 11) is 1.29. The van der Waals surface area contributed by atoms with Crippen molar-refractivity contribution in [1.82, 2.24) is 5.32 Å². The zero-order valence-electron chi connectivity index (χ0n) is 22.8. The standard InChI is InChI=1S/C28H43NO8/c1-5-8-10-13-26(31)36-23-16-15-21(20-24(23)37-27(32)14-11-9-6-2)19-22(28(33)34-4)29-17-18-35-25(30)12-7-3/h15-16,20,22,29H,5-14,17-19H2,1-4H3/t22-/m0/s1. The summed E-state index contributed by atoms with van der Waals surface area (Å²) in [5, 5.41) is 3.04. The van der Waals surface area contributed by atoms with Crippen LogP contribution in [0.1, 0.15) is 90.5 Å². The molecule has 0 radical (unpaired) electrons. The second-order valence-corrected chi connectivity index (χ2v) is 8.85.